The summed E-state index contributed by atoms with van der Waals surface area (Å²) in [4.78, 5) is 25.9. The van der Waals surface area contributed by atoms with Crippen LogP contribution in [0.15, 0.2) is 78.1 Å². The van der Waals surface area contributed by atoms with Gasteiger partial charge in [-0.2, -0.15) is 0 Å². The van der Waals surface area contributed by atoms with Gasteiger partial charge in [0, 0.05) is 59.8 Å². The highest BCUT2D eigenvalue weighted by molar-refractivity contribution is 7.91. The van der Waals surface area contributed by atoms with Crippen molar-refractivity contribution < 1.29 is 13.2 Å². The molecule has 3 heterocycles. The molecule has 0 fully saturated rings. The number of nitrogens with one attached hydrogen (secondary N) is 1. The Bertz CT molecular complexity index is 1780. The molecule has 0 spiro atoms. The van der Waals surface area contributed by atoms with E-state index in [1.807, 2.05) is 43.3 Å². The monoisotopic (exact) mass is 511 g/mol. The van der Waals surface area contributed by atoms with E-state index in [2.05, 4.69) is 20.3 Å². The molecular weight excluding hydrogens is 486 g/mol. The third-order valence-corrected chi connectivity index (χ3v) is 7.23. The number of amides is 1. The van der Waals surface area contributed by atoms with E-state index in [1.54, 1.807) is 36.8 Å². The second-order valence-electron chi connectivity index (χ2n) is 9.10. The molecule has 0 aliphatic carbocycles. The average molecular weight is 512 g/mol. The molecule has 9 heteroatoms. The zero-order valence-electron chi connectivity index (χ0n) is 20.4. The second kappa shape index (κ2) is 9.59. The summed E-state index contributed by atoms with van der Waals surface area (Å²) in [7, 11) is -3.49. The van der Waals surface area contributed by atoms with Crippen LogP contribution in [-0.4, -0.2) is 35.5 Å². The Morgan fingerprint density at radius 2 is 1.70 bits per heavy atom. The van der Waals surface area contributed by atoms with Crippen molar-refractivity contribution in [3.63, 3.8) is 0 Å². The number of aryl methyl sites for hydroxylation is 1. The van der Waals surface area contributed by atoms with Gasteiger partial charge in [-0.1, -0.05) is 12.1 Å². The van der Waals surface area contributed by atoms with Crippen LogP contribution in [-0.2, 0) is 22.8 Å². The van der Waals surface area contributed by atoms with Crippen LogP contribution in [0, 0.1) is 6.92 Å². The zero-order chi connectivity index (χ0) is 26.2. The van der Waals surface area contributed by atoms with E-state index in [1.165, 1.54) is 6.26 Å². The van der Waals surface area contributed by atoms with Crippen LogP contribution >= 0.6 is 0 Å². The summed E-state index contributed by atoms with van der Waals surface area (Å²) in [5.41, 5.74) is 10.1. The van der Waals surface area contributed by atoms with Crippen LogP contribution in [0.25, 0.3) is 21.7 Å². The molecule has 5 rings (SSSR count). The molecule has 0 radical (unpaired) electrons. The number of hydrogen-bond donors (Lipinski definition) is 2. The highest BCUT2D eigenvalue weighted by Crippen LogP contribution is 2.26. The minimum atomic E-state index is -3.49. The number of sulfone groups is 1. The van der Waals surface area contributed by atoms with Crippen LogP contribution in [0.2, 0.25) is 0 Å². The molecule has 5 aromatic rings. The van der Waals surface area contributed by atoms with Crippen LogP contribution in [0.4, 0.5) is 5.82 Å². The number of pyridine rings is 3. The number of anilines is 1. The summed E-state index contributed by atoms with van der Waals surface area (Å²) in [5.74, 6) is 0.243. The molecule has 186 valence electrons. The lowest BCUT2D eigenvalue weighted by Gasteiger charge is -2.10. The lowest BCUT2D eigenvalue weighted by atomic mass is 10.0. The van der Waals surface area contributed by atoms with Crippen LogP contribution in [0.1, 0.15) is 32.7 Å². The van der Waals surface area contributed by atoms with E-state index < -0.39 is 9.84 Å². The van der Waals surface area contributed by atoms with Gasteiger partial charge in [-0.25, -0.2) is 13.4 Å². The molecule has 3 N–H and O–H groups in total. The Hall–Kier alpha value is -4.37. The highest BCUT2D eigenvalue weighted by Gasteiger charge is 2.16. The minimum Gasteiger partial charge on any atom is -0.383 e. The number of rotatable bonds is 6. The van der Waals surface area contributed by atoms with E-state index in [0.29, 0.717) is 35.6 Å². The normalized spacial score (nSPS) is 11.6. The Labute approximate surface area is 214 Å². The number of carbonyl (C=O) groups excluding carboxylic acids is 1. The van der Waals surface area contributed by atoms with Gasteiger partial charge in [0.2, 0.25) is 0 Å². The van der Waals surface area contributed by atoms with Crippen molar-refractivity contribution >= 4 is 43.2 Å². The summed E-state index contributed by atoms with van der Waals surface area (Å²) in [6.07, 6.45) is 6.45. The van der Waals surface area contributed by atoms with E-state index in [9.17, 15) is 13.2 Å². The van der Waals surface area contributed by atoms with Crippen LogP contribution in [0.3, 0.4) is 0 Å². The molecule has 0 bridgehead atoms. The largest absolute Gasteiger partial charge is 0.383 e. The summed E-state index contributed by atoms with van der Waals surface area (Å²) >= 11 is 0. The maximum absolute atomic E-state index is 12.9. The lowest BCUT2D eigenvalue weighted by molar-refractivity contribution is 0.0950. The van der Waals surface area contributed by atoms with Gasteiger partial charge in [0.15, 0.2) is 9.84 Å². The van der Waals surface area contributed by atoms with Gasteiger partial charge in [-0.3, -0.25) is 14.8 Å². The predicted octanol–water partition coefficient (Wildman–Crippen LogP) is 3.99. The van der Waals surface area contributed by atoms with Crippen molar-refractivity contribution in [2.24, 2.45) is 0 Å². The average Bonchev–Trinajstić information content (AvgIpc) is 2.86. The Morgan fingerprint density at radius 3 is 2.51 bits per heavy atom. The maximum atomic E-state index is 12.9. The molecule has 0 unspecified atom stereocenters. The summed E-state index contributed by atoms with van der Waals surface area (Å²) < 4.78 is 24.9. The second-order valence-corrected chi connectivity index (χ2v) is 11.1. The zero-order valence-corrected chi connectivity index (χ0v) is 21.2. The fourth-order valence-electron chi connectivity index (χ4n) is 4.34. The molecule has 0 saturated carbocycles. The van der Waals surface area contributed by atoms with Gasteiger partial charge in [0.1, 0.15) is 5.82 Å². The first-order valence-corrected chi connectivity index (χ1v) is 13.5. The molecule has 0 atom stereocenters. The van der Waals surface area contributed by atoms with Gasteiger partial charge in [0.25, 0.3) is 5.91 Å². The quantitative estimate of drug-likeness (QED) is 0.353. The Balaban J connectivity index is 1.36. The van der Waals surface area contributed by atoms with Crippen molar-refractivity contribution in [3.8, 4) is 0 Å². The third-order valence-electron chi connectivity index (χ3n) is 6.12. The first-order valence-electron chi connectivity index (χ1n) is 11.6. The number of carbonyl (C=O) groups is 1. The Morgan fingerprint density at radius 1 is 0.919 bits per heavy atom. The molecule has 0 aliphatic rings. The molecule has 2 aromatic carbocycles. The molecule has 37 heavy (non-hydrogen) atoms. The third kappa shape index (κ3) is 5.26. The van der Waals surface area contributed by atoms with Crippen molar-refractivity contribution in [3.05, 3.63) is 101 Å². The predicted molar refractivity (Wildman–Crippen MR) is 144 cm³/mol. The van der Waals surface area contributed by atoms with Crippen molar-refractivity contribution in [1.29, 1.82) is 0 Å². The standard InChI is InChI=1S/C28H25N5O3S/c1-17-9-22-11-19(13-25(37(2,35)36)26(22)32-15-17)12-23-14-21(6-7-30-23)28(34)33-16-18-3-4-24-20(10-18)5-8-31-27(24)29/h3-11,13-15H,12,16H2,1-2H3,(H2,29,31)(H,33,34). The molecular formula is C28H25N5O3S. The van der Waals surface area contributed by atoms with Gasteiger partial charge in [0.05, 0.1) is 10.4 Å². The molecule has 0 saturated heterocycles. The van der Waals surface area contributed by atoms with Gasteiger partial charge >= 0.3 is 0 Å². The maximum Gasteiger partial charge on any atom is 0.251 e. The Kier molecular flexibility index (Phi) is 6.31. The smallest absolute Gasteiger partial charge is 0.251 e. The molecule has 0 aliphatic heterocycles. The number of nitrogens with zero attached hydrogens (tertiary/aromatic N) is 3. The van der Waals surface area contributed by atoms with E-state index in [-0.39, 0.29) is 10.8 Å². The van der Waals surface area contributed by atoms with Gasteiger partial charge in [-0.05, 0) is 71.5 Å². The van der Waals surface area contributed by atoms with E-state index >= 15 is 0 Å². The molecule has 3 aromatic heterocycles. The summed E-state index contributed by atoms with van der Waals surface area (Å²) in [6, 6.07) is 16.5. The van der Waals surface area contributed by atoms with E-state index in [0.717, 1.165) is 32.8 Å². The minimum absolute atomic E-state index is 0.182. The number of benzene rings is 2. The van der Waals surface area contributed by atoms with E-state index in [4.69, 9.17) is 5.73 Å². The number of fused-ring (bicyclic) bond motifs is 2. The summed E-state index contributed by atoms with van der Waals surface area (Å²) in [5, 5.41) is 5.52. The van der Waals surface area contributed by atoms with Gasteiger partial charge in [-0.15, -0.1) is 0 Å². The van der Waals surface area contributed by atoms with Crippen LogP contribution < -0.4 is 11.1 Å². The highest BCUT2D eigenvalue weighted by atomic mass is 32.2. The molecule has 8 nitrogen and oxygen atoms in total. The number of nitrogen functional groups attached to an aromatic ring is 1. The van der Waals surface area contributed by atoms with Crippen molar-refractivity contribution in [1.82, 2.24) is 20.3 Å². The SMILES string of the molecule is Cc1cnc2c(S(C)(=O)=O)cc(Cc3cc(C(=O)NCc4ccc5c(N)nccc5c4)ccn3)cc2c1. The van der Waals surface area contributed by atoms with Crippen molar-refractivity contribution in [2.75, 3.05) is 12.0 Å². The summed E-state index contributed by atoms with van der Waals surface area (Å²) in [6.45, 7) is 2.26. The topological polar surface area (TPSA) is 128 Å². The fraction of sp³-hybridized carbons (Fsp3) is 0.143. The first-order chi connectivity index (χ1) is 17.7. The number of nitrogens with two attached hydrogens (primary N) is 1. The number of hydrogen-bond acceptors (Lipinski definition) is 7. The first kappa shape index (κ1) is 24.3. The van der Waals surface area contributed by atoms with Crippen molar-refractivity contribution in [2.45, 2.75) is 24.8 Å². The van der Waals surface area contributed by atoms with Crippen LogP contribution in [0.5, 0.6) is 0 Å². The fourth-order valence-corrected chi connectivity index (χ4v) is 5.23. The van der Waals surface area contributed by atoms with Gasteiger partial charge < -0.3 is 11.1 Å². The number of aromatic nitrogens is 3. The lowest BCUT2D eigenvalue weighted by Crippen LogP contribution is -2.23. The molecule has 1 amide bonds.